The molecular weight excluding hydrogens is 267 g/mol. The van der Waals surface area contributed by atoms with E-state index in [4.69, 9.17) is 16.3 Å². The van der Waals surface area contributed by atoms with Crippen molar-refractivity contribution in [2.45, 2.75) is 0 Å². The van der Waals surface area contributed by atoms with Crippen LogP contribution in [-0.2, 0) is 0 Å². The molecular formula is C14H10ClFN2O. The minimum absolute atomic E-state index is 0.0634. The molecule has 0 aliphatic rings. The van der Waals surface area contributed by atoms with Crippen LogP contribution in [0.4, 0.5) is 4.39 Å². The van der Waals surface area contributed by atoms with Gasteiger partial charge in [0.2, 0.25) is 0 Å². The van der Waals surface area contributed by atoms with E-state index in [2.05, 4.69) is 9.97 Å². The van der Waals surface area contributed by atoms with Crippen LogP contribution in [-0.4, -0.2) is 17.1 Å². The molecule has 19 heavy (non-hydrogen) atoms. The van der Waals surface area contributed by atoms with Crippen molar-refractivity contribution >= 4 is 22.6 Å². The number of halogens is 2. The van der Waals surface area contributed by atoms with Crippen molar-refractivity contribution in [3.05, 3.63) is 47.2 Å². The fourth-order valence-corrected chi connectivity index (χ4v) is 2.15. The van der Waals surface area contributed by atoms with Crippen LogP contribution in [0, 0.1) is 5.82 Å². The Kier molecular flexibility index (Phi) is 2.87. The second-order valence-corrected chi connectivity index (χ2v) is 4.45. The molecule has 3 rings (SSSR count). The maximum atomic E-state index is 13.4. The van der Waals surface area contributed by atoms with E-state index >= 15 is 0 Å². The summed E-state index contributed by atoms with van der Waals surface area (Å²) in [7, 11) is 1.60. The van der Waals surface area contributed by atoms with Gasteiger partial charge in [0.05, 0.1) is 23.2 Å². The average molecular weight is 277 g/mol. The van der Waals surface area contributed by atoms with Crippen LogP contribution < -0.4 is 4.74 Å². The molecule has 2 aromatic carbocycles. The lowest BCUT2D eigenvalue weighted by Crippen LogP contribution is -1.85. The fraction of sp³-hybridized carbons (Fsp3) is 0.0714. The molecule has 1 heterocycles. The van der Waals surface area contributed by atoms with Crippen LogP contribution >= 0.6 is 11.6 Å². The number of aromatic nitrogens is 2. The first kappa shape index (κ1) is 12.0. The maximum Gasteiger partial charge on any atom is 0.142 e. The zero-order chi connectivity index (χ0) is 13.4. The van der Waals surface area contributed by atoms with E-state index in [9.17, 15) is 4.39 Å². The lowest BCUT2D eigenvalue weighted by molar-refractivity contribution is 0.415. The molecule has 0 unspecified atom stereocenters. The number of imidazole rings is 1. The van der Waals surface area contributed by atoms with E-state index in [1.54, 1.807) is 19.2 Å². The van der Waals surface area contributed by atoms with Gasteiger partial charge in [0.15, 0.2) is 0 Å². The van der Waals surface area contributed by atoms with Crippen molar-refractivity contribution in [1.29, 1.82) is 0 Å². The molecule has 0 saturated heterocycles. The minimum atomic E-state index is -0.461. The molecule has 0 aliphatic carbocycles. The SMILES string of the molecule is COc1ccc2nc(-c3cccc(F)c3Cl)[nH]c2c1. The molecule has 0 fully saturated rings. The number of fused-ring (bicyclic) bond motifs is 1. The van der Waals surface area contributed by atoms with Gasteiger partial charge in [-0.2, -0.15) is 0 Å². The van der Waals surface area contributed by atoms with Crippen LogP contribution in [0.15, 0.2) is 36.4 Å². The number of methoxy groups -OCH3 is 1. The molecule has 0 bridgehead atoms. The fourth-order valence-electron chi connectivity index (χ4n) is 1.93. The molecule has 0 aliphatic heterocycles. The first-order valence-electron chi connectivity index (χ1n) is 5.67. The molecule has 96 valence electrons. The van der Waals surface area contributed by atoms with Gasteiger partial charge in [-0.15, -0.1) is 0 Å². The van der Waals surface area contributed by atoms with Gasteiger partial charge in [-0.25, -0.2) is 9.37 Å². The third-order valence-electron chi connectivity index (χ3n) is 2.90. The number of H-pyrrole nitrogens is 1. The van der Waals surface area contributed by atoms with Gasteiger partial charge in [0, 0.05) is 11.6 Å². The zero-order valence-electron chi connectivity index (χ0n) is 10.1. The second-order valence-electron chi connectivity index (χ2n) is 4.07. The topological polar surface area (TPSA) is 37.9 Å². The van der Waals surface area contributed by atoms with Gasteiger partial charge in [0.1, 0.15) is 17.4 Å². The summed E-state index contributed by atoms with van der Waals surface area (Å²) < 4.78 is 18.6. The summed E-state index contributed by atoms with van der Waals surface area (Å²) in [5.74, 6) is 0.804. The maximum absolute atomic E-state index is 13.4. The Morgan fingerprint density at radius 1 is 1.26 bits per heavy atom. The van der Waals surface area contributed by atoms with E-state index in [0.717, 1.165) is 16.8 Å². The predicted molar refractivity (Wildman–Crippen MR) is 73.0 cm³/mol. The highest BCUT2D eigenvalue weighted by Gasteiger charge is 2.12. The third-order valence-corrected chi connectivity index (χ3v) is 3.28. The average Bonchev–Trinajstić information content (AvgIpc) is 2.84. The van der Waals surface area contributed by atoms with Crippen LogP contribution in [0.5, 0.6) is 5.75 Å². The van der Waals surface area contributed by atoms with Gasteiger partial charge in [-0.05, 0) is 24.3 Å². The van der Waals surface area contributed by atoms with E-state index in [-0.39, 0.29) is 5.02 Å². The largest absolute Gasteiger partial charge is 0.497 e. The van der Waals surface area contributed by atoms with Gasteiger partial charge in [-0.3, -0.25) is 0 Å². The van der Waals surface area contributed by atoms with Crippen molar-refractivity contribution in [1.82, 2.24) is 9.97 Å². The normalized spacial score (nSPS) is 10.9. The highest BCUT2D eigenvalue weighted by Crippen LogP contribution is 2.30. The highest BCUT2D eigenvalue weighted by atomic mass is 35.5. The summed E-state index contributed by atoms with van der Waals surface area (Å²) in [5.41, 5.74) is 2.13. The highest BCUT2D eigenvalue weighted by molar-refractivity contribution is 6.33. The summed E-state index contributed by atoms with van der Waals surface area (Å²) in [6, 6.07) is 10.1. The number of benzene rings is 2. The molecule has 0 saturated carbocycles. The van der Waals surface area contributed by atoms with Gasteiger partial charge >= 0.3 is 0 Å². The molecule has 0 radical (unpaired) electrons. The molecule has 0 spiro atoms. The Morgan fingerprint density at radius 2 is 2.11 bits per heavy atom. The lowest BCUT2D eigenvalue weighted by atomic mass is 10.2. The van der Waals surface area contributed by atoms with Crippen LogP contribution in [0.25, 0.3) is 22.4 Å². The van der Waals surface area contributed by atoms with Crippen molar-refractivity contribution in [2.24, 2.45) is 0 Å². The van der Waals surface area contributed by atoms with Crippen LogP contribution in [0.1, 0.15) is 0 Å². The van der Waals surface area contributed by atoms with Crippen molar-refractivity contribution in [3.8, 4) is 17.1 Å². The molecule has 5 heteroatoms. The first-order chi connectivity index (χ1) is 9.19. The predicted octanol–water partition coefficient (Wildman–Crippen LogP) is 4.03. The summed E-state index contributed by atoms with van der Waals surface area (Å²) in [6.45, 7) is 0. The zero-order valence-corrected chi connectivity index (χ0v) is 10.8. The molecule has 3 nitrogen and oxygen atoms in total. The van der Waals surface area contributed by atoms with Gasteiger partial charge in [0.25, 0.3) is 0 Å². The molecule has 0 atom stereocenters. The van der Waals surface area contributed by atoms with E-state index in [1.807, 2.05) is 18.2 Å². The summed E-state index contributed by atoms with van der Waals surface area (Å²) >= 11 is 5.95. The Hall–Kier alpha value is -2.07. The summed E-state index contributed by atoms with van der Waals surface area (Å²) in [5, 5.41) is 0.0634. The number of nitrogens with one attached hydrogen (secondary N) is 1. The Bertz CT molecular complexity index is 754. The Balaban J connectivity index is 2.18. The number of hydrogen-bond acceptors (Lipinski definition) is 2. The number of ether oxygens (including phenoxy) is 1. The number of nitrogens with zero attached hydrogens (tertiary/aromatic N) is 1. The first-order valence-corrected chi connectivity index (χ1v) is 6.05. The number of aromatic amines is 1. The molecule has 1 N–H and O–H groups in total. The van der Waals surface area contributed by atoms with Crippen molar-refractivity contribution in [2.75, 3.05) is 7.11 Å². The van der Waals surface area contributed by atoms with Gasteiger partial charge < -0.3 is 9.72 Å². The second kappa shape index (κ2) is 4.55. The summed E-state index contributed by atoms with van der Waals surface area (Å²) in [4.78, 5) is 7.51. The third kappa shape index (κ3) is 2.04. The Morgan fingerprint density at radius 3 is 2.89 bits per heavy atom. The number of hydrogen-bond donors (Lipinski definition) is 1. The summed E-state index contributed by atoms with van der Waals surface area (Å²) in [6.07, 6.45) is 0. The van der Waals surface area contributed by atoms with E-state index < -0.39 is 5.82 Å². The van der Waals surface area contributed by atoms with Gasteiger partial charge in [-0.1, -0.05) is 17.7 Å². The lowest BCUT2D eigenvalue weighted by Gasteiger charge is -2.00. The van der Waals surface area contributed by atoms with E-state index in [1.165, 1.54) is 6.07 Å². The minimum Gasteiger partial charge on any atom is -0.497 e. The quantitative estimate of drug-likeness (QED) is 0.767. The van der Waals surface area contributed by atoms with Crippen LogP contribution in [0.3, 0.4) is 0 Å². The molecule has 0 amide bonds. The Labute approximate surface area is 114 Å². The van der Waals surface area contributed by atoms with Crippen molar-refractivity contribution < 1.29 is 9.13 Å². The van der Waals surface area contributed by atoms with E-state index in [0.29, 0.717) is 11.4 Å². The number of rotatable bonds is 2. The van der Waals surface area contributed by atoms with Crippen molar-refractivity contribution in [3.63, 3.8) is 0 Å². The molecule has 3 aromatic rings. The van der Waals surface area contributed by atoms with Crippen LogP contribution in [0.2, 0.25) is 5.02 Å². The standard InChI is InChI=1S/C14H10ClFN2O/c1-19-8-5-6-11-12(7-8)18-14(17-11)9-3-2-4-10(16)13(9)15/h2-7H,1H3,(H,17,18). The monoisotopic (exact) mass is 276 g/mol. The smallest absolute Gasteiger partial charge is 0.142 e. The molecule has 1 aromatic heterocycles.